The lowest BCUT2D eigenvalue weighted by atomic mass is 9.81. The summed E-state index contributed by atoms with van der Waals surface area (Å²) in [6.07, 6.45) is 1.87. The smallest absolute Gasteiger partial charge is 0.160 e. The predicted octanol–water partition coefficient (Wildman–Crippen LogP) is 10.5. The molecular weight excluding hydrogens is 546 g/mol. The number of pyridine rings is 1. The summed E-state index contributed by atoms with van der Waals surface area (Å²) in [5.74, 6) is 0.690. The van der Waals surface area contributed by atoms with Crippen LogP contribution in [0.4, 0.5) is 0 Å². The van der Waals surface area contributed by atoms with E-state index in [-0.39, 0.29) is 5.41 Å². The van der Waals surface area contributed by atoms with E-state index in [0.29, 0.717) is 5.82 Å². The van der Waals surface area contributed by atoms with E-state index >= 15 is 0 Å². The van der Waals surface area contributed by atoms with E-state index in [2.05, 4.69) is 129 Å². The van der Waals surface area contributed by atoms with Crippen molar-refractivity contribution in [2.45, 2.75) is 19.3 Å². The Kier molecular flexibility index (Phi) is 6.46. The maximum atomic E-state index is 5.13. The Morgan fingerprint density at radius 2 is 1.00 bits per heavy atom. The standard InChI is InChI=1S/C42H31N3/c1-42(2)36-18-10-9-16-33(36)34-24-23-32(26-37(34)42)40-35(17-11-25-43-40)39-27-38(44-41(45-39)31-14-7-4-8-15-31)30-21-19-29(20-22-30)28-12-5-3-6-13-28/h3-27H,1-2H3. The molecule has 8 rings (SSSR count). The summed E-state index contributed by atoms with van der Waals surface area (Å²) in [7, 11) is 0. The zero-order valence-electron chi connectivity index (χ0n) is 25.3. The van der Waals surface area contributed by atoms with Crippen LogP contribution in [0.2, 0.25) is 0 Å². The summed E-state index contributed by atoms with van der Waals surface area (Å²) in [6, 6.07) is 51.0. The number of hydrogen-bond acceptors (Lipinski definition) is 3. The van der Waals surface area contributed by atoms with Crippen LogP contribution in [-0.4, -0.2) is 15.0 Å². The van der Waals surface area contributed by atoms with E-state index in [0.717, 1.165) is 39.3 Å². The molecule has 0 spiro atoms. The van der Waals surface area contributed by atoms with Gasteiger partial charge in [0.1, 0.15) is 0 Å². The second kappa shape index (κ2) is 10.8. The first-order valence-electron chi connectivity index (χ1n) is 15.4. The maximum absolute atomic E-state index is 5.13. The second-order valence-corrected chi connectivity index (χ2v) is 12.1. The first-order chi connectivity index (χ1) is 22.1. The molecular formula is C42H31N3. The average Bonchev–Trinajstić information content (AvgIpc) is 3.34. The molecule has 0 saturated carbocycles. The number of aromatic nitrogens is 3. The van der Waals surface area contributed by atoms with Gasteiger partial charge in [0.25, 0.3) is 0 Å². The zero-order chi connectivity index (χ0) is 30.4. The Hall–Kier alpha value is -5.67. The molecule has 0 aliphatic heterocycles. The first kappa shape index (κ1) is 26.9. The number of benzene rings is 5. The molecule has 7 aromatic rings. The fourth-order valence-electron chi connectivity index (χ4n) is 6.61. The van der Waals surface area contributed by atoms with Gasteiger partial charge in [0.05, 0.1) is 17.1 Å². The van der Waals surface area contributed by atoms with Gasteiger partial charge in [0.2, 0.25) is 0 Å². The molecule has 1 aliphatic carbocycles. The van der Waals surface area contributed by atoms with Crippen LogP contribution in [0.1, 0.15) is 25.0 Å². The number of rotatable bonds is 5. The molecule has 1 aliphatic rings. The molecule has 3 heteroatoms. The van der Waals surface area contributed by atoms with Crippen molar-refractivity contribution >= 4 is 0 Å². The van der Waals surface area contributed by atoms with Crippen molar-refractivity contribution in [3.8, 4) is 67.4 Å². The van der Waals surface area contributed by atoms with Crippen molar-refractivity contribution in [1.29, 1.82) is 0 Å². The highest BCUT2D eigenvalue weighted by atomic mass is 14.9. The van der Waals surface area contributed by atoms with Gasteiger partial charge in [-0.3, -0.25) is 4.98 Å². The molecule has 0 amide bonds. The van der Waals surface area contributed by atoms with Gasteiger partial charge in [-0.2, -0.15) is 0 Å². The summed E-state index contributed by atoms with van der Waals surface area (Å²) >= 11 is 0. The molecule has 0 unspecified atom stereocenters. The summed E-state index contributed by atoms with van der Waals surface area (Å²) in [4.78, 5) is 15.1. The summed E-state index contributed by atoms with van der Waals surface area (Å²) in [5.41, 5.74) is 14.3. The van der Waals surface area contributed by atoms with Gasteiger partial charge in [-0.25, -0.2) is 9.97 Å². The summed E-state index contributed by atoms with van der Waals surface area (Å²) in [5, 5.41) is 0. The highest BCUT2D eigenvalue weighted by Crippen LogP contribution is 2.49. The van der Waals surface area contributed by atoms with Crippen LogP contribution in [-0.2, 0) is 5.41 Å². The Morgan fingerprint density at radius 1 is 0.422 bits per heavy atom. The minimum atomic E-state index is -0.0919. The summed E-state index contributed by atoms with van der Waals surface area (Å²) < 4.78 is 0. The molecule has 3 nitrogen and oxygen atoms in total. The SMILES string of the molecule is CC1(C)c2ccccc2-c2ccc(-c3ncccc3-c3cc(-c4ccc(-c5ccccc5)cc4)nc(-c4ccccc4)n3)cc21. The topological polar surface area (TPSA) is 38.7 Å². The molecule has 0 N–H and O–H groups in total. The number of hydrogen-bond donors (Lipinski definition) is 0. The Balaban J connectivity index is 1.26. The minimum Gasteiger partial charge on any atom is -0.256 e. The lowest BCUT2D eigenvalue weighted by Gasteiger charge is -2.22. The van der Waals surface area contributed by atoms with Gasteiger partial charge in [0, 0.05) is 33.9 Å². The van der Waals surface area contributed by atoms with E-state index in [1.807, 2.05) is 36.5 Å². The quantitative estimate of drug-likeness (QED) is 0.204. The van der Waals surface area contributed by atoms with Crippen LogP contribution in [0.15, 0.2) is 152 Å². The van der Waals surface area contributed by atoms with Crippen molar-refractivity contribution < 1.29 is 0 Å². The lowest BCUT2D eigenvalue weighted by molar-refractivity contribution is 0.660. The lowest BCUT2D eigenvalue weighted by Crippen LogP contribution is -2.14. The van der Waals surface area contributed by atoms with E-state index in [1.54, 1.807) is 0 Å². The van der Waals surface area contributed by atoms with Gasteiger partial charge in [-0.1, -0.05) is 135 Å². The molecule has 214 valence electrons. The Morgan fingerprint density at radius 3 is 1.78 bits per heavy atom. The van der Waals surface area contributed by atoms with Crippen LogP contribution in [0.25, 0.3) is 67.4 Å². The zero-order valence-corrected chi connectivity index (χ0v) is 25.3. The third kappa shape index (κ3) is 4.74. The van der Waals surface area contributed by atoms with E-state index < -0.39 is 0 Å². The number of nitrogens with zero attached hydrogens (tertiary/aromatic N) is 3. The number of fused-ring (bicyclic) bond motifs is 3. The van der Waals surface area contributed by atoms with E-state index in [1.165, 1.54) is 33.4 Å². The van der Waals surface area contributed by atoms with Crippen LogP contribution in [0.3, 0.4) is 0 Å². The summed E-state index contributed by atoms with van der Waals surface area (Å²) in [6.45, 7) is 4.62. The molecule has 0 fully saturated rings. The van der Waals surface area contributed by atoms with Crippen LogP contribution in [0, 0.1) is 0 Å². The minimum absolute atomic E-state index is 0.0919. The predicted molar refractivity (Wildman–Crippen MR) is 185 cm³/mol. The average molecular weight is 578 g/mol. The largest absolute Gasteiger partial charge is 0.256 e. The molecule has 0 atom stereocenters. The Labute approximate surface area is 264 Å². The molecule has 2 aromatic heterocycles. The van der Waals surface area contributed by atoms with Crippen molar-refractivity contribution in [1.82, 2.24) is 15.0 Å². The van der Waals surface area contributed by atoms with Crippen molar-refractivity contribution in [3.63, 3.8) is 0 Å². The van der Waals surface area contributed by atoms with Gasteiger partial charge in [-0.15, -0.1) is 0 Å². The van der Waals surface area contributed by atoms with Crippen molar-refractivity contribution in [2.24, 2.45) is 0 Å². The monoisotopic (exact) mass is 577 g/mol. The third-order valence-electron chi connectivity index (χ3n) is 8.99. The van der Waals surface area contributed by atoms with Gasteiger partial charge < -0.3 is 0 Å². The highest BCUT2D eigenvalue weighted by Gasteiger charge is 2.35. The molecule has 5 aromatic carbocycles. The fourth-order valence-corrected chi connectivity index (χ4v) is 6.61. The van der Waals surface area contributed by atoms with Crippen LogP contribution >= 0.6 is 0 Å². The maximum Gasteiger partial charge on any atom is 0.160 e. The van der Waals surface area contributed by atoms with E-state index in [4.69, 9.17) is 15.0 Å². The van der Waals surface area contributed by atoms with Crippen molar-refractivity contribution in [3.05, 3.63) is 163 Å². The van der Waals surface area contributed by atoms with Crippen molar-refractivity contribution in [2.75, 3.05) is 0 Å². The van der Waals surface area contributed by atoms with Gasteiger partial charge in [0.15, 0.2) is 5.82 Å². The van der Waals surface area contributed by atoms with Crippen LogP contribution in [0.5, 0.6) is 0 Å². The fraction of sp³-hybridized carbons (Fsp3) is 0.0714. The second-order valence-electron chi connectivity index (χ2n) is 12.1. The first-order valence-corrected chi connectivity index (χ1v) is 15.4. The van der Waals surface area contributed by atoms with Gasteiger partial charge in [-0.05, 0) is 57.6 Å². The molecule has 0 bridgehead atoms. The molecule has 2 heterocycles. The third-order valence-corrected chi connectivity index (χ3v) is 8.99. The van der Waals surface area contributed by atoms with Crippen LogP contribution < -0.4 is 0 Å². The van der Waals surface area contributed by atoms with E-state index in [9.17, 15) is 0 Å². The molecule has 45 heavy (non-hydrogen) atoms. The molecule has 0 saturated heterocycles. The Bertz CT molecular complexity index is 2170. The normalized spacial score (nSPS) is 12.8. The highest BCUT2D eigenvalue weighted by molar-refractivity contribution is 5.87. The molecule has 0 radical (unpaired) electrons. The van der Waals surface area contributed by atoms with Gasteiger partial charge >= 0.3 is 0 Å².